The summed E-state index contributed by atoms with van der Waals surface area (Å²) >= 11 is 0. The van der Waals surface area contributed by atoms with E-state index in [2.05, 4.69) is 0 Å². The Bertz CT molecular complexity index is 1070. The number of piperazine rings is 1. The van der Waals surface area contributed by atoms with Gasteiger partial charge in [0.1, 0.15) is 5.82 Å². The Balaban J connectivity index is 1.58. The minimum absolute atomic E-state index is 0.117. The molecule has 2 aliphatic heterocycles. The van der Waals surface area contributed by atoms with Crippen LogP contribution in [0.5, 0.6) is 0 Å². The smallest absolute Gasteiger partial charge is 0.407 e. The maximum Gasteiger partial charge on any atom is 0.407 e. The van der Waals surface area contributed by atoms with Crippen molar-refractivity contribution in [1.82, 2.24) is 9.80 Å². The van der Waals surface area contributed by atoms with Crippen LogP contribution < -0.4 is 8.61 Å². The summed E-state index contributed by atoms with van der Waals surface area (Å²) in [7, 11) is -4.13. The summed E-state index contributed by atoms with van der Waals surface area (Å²) in [5, 5.41) is 9.04. The van der Waals surface area contributed by atoms with Crippen molar-refractivity contribution in [1.29, 1.82) is 0 Å². The van der Waals surface area contributed by atoms with Crippen LogP contribution in [0.1, 0.15) is 0 Å². The second-order valence-corrected chi connectivity index (χ2v) is 8.74. The zero-order valence-electron chi connectivity index (χ0n) is 15.9. The number of carbonyl (C=O) groups is 1. The van der Waals surface area contributed by atoms with Gasteiger partial charge >= 0.3 is 16.3 Å². The molecule has 2 aromatic carbocycles. The van der Waals surface area contributed by atoms with Crippen molar-refractivity contribution in [3.63, 3.8) is 0 Å². The molecule has 0 aliphatic carbocycles. The van der Waals surface area contributed by atoms with E-state index in [9.17, 15) is 22.0 Å². The Morgan fingerprint density at radius 1 is 0.933 bits per heavy atom. The lowest BCUT2D eigenvalue weighted by molar-refractivity contribution is 0.107. The molecule has 0 bridgehead atoms. The molecule has 2 aliphatic rings. The highest BCUT2D eigenvalue weighted by Crippen LogP contribution is 2.45. The predicted octanol–water partition coefficient (Wildman–Crippen LogP) is 2.46. The lowest BCUT2D eigenvalue weighted by Gasteiger charge is -2.34. The van der Waals surface area contributed by atoms with Gasteiger partial charge in [-0.05, 0) is 24.3 Å². The minimum atomic E-state index is -4.13. The van der Waals surface area contributed by atoms with Crippen LogP contribution in [-0.4, -0.2) is 68.7 Å². The number of hydrogen-bond donors (Lipinski definition) is 1. The molecule has 30 heavy (non-hydrogen) atoms. The molecule has 1 saturated heterocycles. The van der Waals surface area contributed by atoms with Crippen LogP contribution in [0.3, 0.4) is 0 Å². The summed E-state index contributed by atoms with van der Waals surface area (Å²) in [5.41, 5.74) is 0.450. The van der Waals surface area contributed by atoms with Crippen molar-refractivity contribution in [2.24, 2.45) is 0 Å². The Labute approximate surface area is 172 Å². The molecule has 11 heteroatoms. The van der Waals surface area contributed by atoms with Gasteiger partial charge in [-0.3, -0.25) is 4.90 Å². The monoisotopic (exact) mass is 438 g/mol. The van der Waals surface area contributed by atoms with Gasteiger partial charge in [-0.15, -0.1) is 0 Å². The number of para-hydroxylation sites is 2. The van der Waals surface area contributed by atoms with Crippen molar-refractivity contribution < 1.29 is 27.1 Å². The maximum atomic E-state index is 14.4. The molecule has 8 nitrogen and oxygen atoms in total. The summed E-state index contributed by atoms with van der Waals surface area (Å²) in [6.45, 7) is 2.21. The maximum absolute atomic E-state index is 14.4. The SMILES string of the molecule is O=C(O)N1CCN(CCN2c3ccccc3N(c3ccc(F)cc3F)S2(=O)=O)CC1. The molecule has 1 amide bonds. The van der Waals surface area contributed by atoms with Gasteiger partial charge in [-0.2, -0.15) is 8.42 Å². The van der Waals surface area contributed by atoms with Gasteiger partial charge in [0.25, 0.3) is 0 Å². The van der Waals surface area contributed by atoms with Crippen molar-refractivity contribution in [2.45, 2.75) is 0 Å². The second-order valence-electron chi connectivity index (χ2n) is 7.04. The number of benzene rings is 2. The van der Waals surface area contributed by atoms with E-state index >= 15 is 0 Å². The van der Waals surface area contributed by atoms with Crippen molar-refractivity contribution in [3.8, 4) is 0 Å². The molecule has 4 rings (SSSR count). The Morgan fingerprint density at radius 3 is 2.23 bits per heavy atom. The molecule has 0 radical (unpaired) electrons. The largest absolute Gasteiger partial charge is 0.465 e. The topological polar surface area (TPSA) is 84.4 Å². The molecule has 0 spiro atoms. The summed E-state index contributed by atoms with van der Waals surface area (Å²) in [4.78, 5) is 14.3. The fraction of sp³-hybridized carbons (Fsp3) is 0.316. The van der Waals surface area contributed by atoms with Gasteiger partial charge in [0, 0.05) is 45.3 Å². The van der Waals surface area contributed by atoms with E-state index in [-0.39, 0.29) is 12.2 Å². The van der Waals surface area contributed by atoms with E-state index in [4.69, 9.17) is 5.11 Å². The number of carboxylic acid groups (broad SMARTS) is 1. The molecule has 0 saturated carbocycles. The zero-order chi connectivity index (χ0) is 21.5. The Kier molecular flexibility index (Phi) is 5.24. The minimum Gasteiger partial charge on any atom is -0.465 e. The summed E-state index contributed by atoms with van der Waals surface area (Å²) < 4.78 is 56.4. The normalized spacial score (nSPS) is 18.5. The van der Waals surface area contributed by atoms with Crippen molar-refractivity contribution >= 4 is 33.4 Å². The number of hydrogen-bond acceptors (Lipinski definition) is 4. The number of anilines is 3. The van der Waals surface area contributed by atoms with E-state index in [0.29, 0.717) is 50.2 Å². The van der Waals surface area contributed by atoms with Gasteiger partial charge in [0.15, 0.2) is 5.82 Å². The molecule has 160 valence electrons. The summed E-state index contributed by atoms with van der Waals surface area (Å²) in [5.74, 6) is -1.77. The van der Waals surface area contributed by atoms with Crippen molar-refractivity contribution in [2.75, 3.05) is 47.9 Å². The standard InChI is InChI=1S/C19H20F2N4O4S/c20-14-5-6-16(15(21)13-14)25-18-4-2-1-3-17(18)24(30(25,28)29)12-9-22-7-10-23(11-8-22)19(26)27/h1-6,13H,7-12H2,(H,26,27). The Hall–Kier alpha value is -2.92. The van der Waals surface area contributed by atoms with Crippen LogP contribution >= 0.6 is 0 Å². The van der Waals surface area contributed by atoms with Crippen LogP contribution in [0.15, 0.2) is 42.5 Å². The van der Waals surface area contributed by atoms with Gasteiger partial charge in [0.05, 0.1) is 17.1 Å². The van der Waals surface area contributed by atoms with Gasteiger partial charge in [-0.1, -0.05) is 12.1 Å². The first kappa shape index (κ1) is 20.4. The zero-order valence-corrected chi connectivity index (χ0v) is 16.7. The van der Waals surface area contributed by atoms with Crippen molar-refractivity contribution in [3.05, 3.63) is 54.1 Å². The number of nitrogens with zero attached hydrogens (tertiary/aromatic N) is 4. The highest BCUT2D eigenvalue weighted by Gasteiger charge is 2.42. The van der Waals surface area contributed by atoms with Crippen LogP contribution in [-0.2, 0) is 10.2 Å². The molecule has 0 unspecified atom stereocenters. The van der Waals surface area contributed by atoms with E-state index in [1.54, 1.807) is 24.3 Å². The number of amides is 1. The first-order chi connectivity index (χ1) is 14.3. The fourth-order valence-electron chi connectivity index (χ4n) is 3.72. The van der Waals surface area contributed by atoms with Crippen LogP contribution in [0, 0.1) is 11.6 Å². The van der Waals surface area contributed by atoms with Gasteiger partial charge < -0.3 is 10.0 Å². The molecular formula is C19H20F2N4O4S. The van der Waals surface area contributed by atoms with Crippen LogP contribution in [0.4, 0.5) is 30.6 Å². The number of halogens is 2. The summed E-state index contributed by atoms with van der Waals surface area (Å²) in [6, 6.07) is 9.32. The van der Waals surface area contributed by atoms with E-state index in [0.717, 1.165) is 16.4 Å². The third-order valence-corrected chi connectivity index (χ3v) is 7.06. The van der Waals surface area contributed by atoms with Crippen LogP contribution in [0.25, 0.3) is 0 Å². The molecule has 2 aromatic rings. The first-order valence-electron chi connectivity index (χ1n) is 9.36. The van der Waals surface area contributed by atoms with Gasteiger partial charge in [-0.25, -0.2) is 22.2 Å². The average Bonchev–Trinajstić information content (AvgIpc) is 2.93. The van der Waals surface area contributed by atoms with E-state index < -0.39 is 27.9 Å². The number of rotatable bonds is 4. The average molecular weight is 438 g/mol. The fourth-order valence-corrected chi connectivity index (χ4v) is 5.44. The summed E-state index contributed by atoms with van der Waals surface area (Å²) in [6.07, 6.45) is -0.970. The van der Waals surface area contributed by atoms with E-state index in [1.807, 2.05) is 4.90 Å². The molecule has 0 atom stereocenters. The second kappa shape index (κ2) is 7.73. The molecule has 1 N–H and O–H groups in total. The van der Waals surface area contributed by atoms with Crippen LogP contribution in [0.2, 0.25) is 0 Å². The third-order valence-electron chi connectivity index (χ3n) is 5.27. The third kappa shape index (κ3) is 3.54. The molecule has 2 heterocycles. The highest BCUT2D eigenvalue weighted by molar-refractivity contribution is 7.95. The molecular weight excluding hydrogens is 418 g/mol. The predicted molar refractivity (Wildman–Crippen MR) is 107 cm³/mol. The lowest BCUT2D eigenvalue weighted by atomic mass is 10.2. The quantitative estimate of drug-likeness (QED) is 0.793. The molecule has 1 fully saturated rings. The number of fused-ring (bicyclic) bond motifs is 1. The lowest BCUT2D eigenvalue weighted by Crippen LogP contribution is -2.50. The Morgan fingerprint density at radius 2 is 1.60 bits per heavy atom. The van der Waals surface area contributed by atoms with Gasteiger partial charge in [0.2, 0.25) is 0 Å². The molecule has 0 aromatic heterocycles. The van der Waals surface area contributed by atoms with E-state index in [1.165, 1.54) is 9.21 Å². The first-order valence-corrected chi connectivity index (χ1v) is 10.8. The highest BCUT2D eigenvalue weighted by atomic mass is 32.2.